The van der Waals surface area contributed by atoms with E-state index in [0.717, 1.165) is 89.9 Å². The van der Waals surface area contributed by atoms with Crippen molar-refractivity contribution in [2.75, 3.05) is 13.2 Å². The summed E-state index contributed by atoms with van der Waals surface area (Å²) in [7, 11) is 0. The summed E-state index contributed by atoms with van der Waals surface area (Å²) in [6.07, 6.45) is 45.9. The van der Waals surface area contributed by atoms with Gasteiger partial charge in [0.25, 0.3) is 0 Å². The van der Waals surface area contributed by atoms with Gasteiger partial charge in [-0.05, 0) is 70.6 Å². The Bertz CT molecular complexity index is 1180. The van der Waals surface area contributed by atoms with Gasteiger partial charge in [0.2, 0.25) is 5.91 Å². The number of ether oxygens (including phenoxy) is 2. The zero-order valence-corrected chi connectivity index (χ0v) is 36.3. The Morgan fingerprint density at radius 1 is 0.603 bits per heavy atom. The van der Waals surface area contributed by atoms with Gasteiger partial charge in [-0.25, -0.2) is 0 Å². The fourth-order valence-electron chi connectivity index (χ4n) is 6.61. The number of carbonyl (C=O) groups excluding carboxylic acids is 1. The fourth-order valence-corrected chi connectivity index (χ4v) is 6.61. The molecule has 1 aliphatic heterocycles. The second-order valence-corrected chi connectivity index (χ2v) is 15.5. The largest absolute Gasteiger partial charge is 0.394 e. The van der Waals surface area contributed by atoms with Gasteiger partial charge in [0.05, 0.1) is 25.4 Å². The highest BCUT2D eigenvalue weighted by molar-refractivity contribution is 5.76. The molecule has 1 fully saturated rings. The first-order valence-electron chi connectivity index (χ1n) is 22.8. The van der Waals surface area contributed by atoms with Gasteiger partial charge < -0.3 is 40.3 Å². The zero-order chi connectivity index (χ0) is 42.3. The highest BCUT2D eigenvalue weighted by Crippen LogP contribution is 2.23. The Hall–Kier alpha value is -2.63. The van der Waals surface area contributed by atoms with E-state index >= 15 is 0 Å². The molecule has 1 saturated heterocycles. The summed E-state index contributed by atoms with van der Waals surface area (Å²) in [4.78, 5) is 12.9. The lowest BCUT2D eigenvalue weighted by Crippen LogP contribution is -2.60. The average Bonchev–Trinajstić information content (AvgIpc) is 3.22. The Morgan fingerprint density at radius 2 is 1.07 bits per heavy atom. The van der Waals surface area contributed by atoms with Crippen LogP contribution in [0, 0.1) is 0 Å². The van der Waals surface area contributed by atoms with Crippen molar-refractivity contribution in [2.45, 2.75) is 204 Å². The predicted octanol–water partition coefficient (Wildman–Crippen LogP) is 9.55. The van der Waals surface area contributed by atoms with E-state index in [1.165, 1.54) is 44.9 Å². The van der Waals surface area contributed by atoms with Gasteiger partial charge in [0.1, 0.15) is 24.4 Å². The second-order valence-electron chi connectivity index (χ2n) is 15.5. The van der Waals surface area contributed by atoms with E-state index in [-0.39, 0.29) is 12.5 Å². The topological polar surface area (TPSA) is 149 Å². The first-order valence-corrected chi connectivity index (χ1v) is 22.8. The SMILES string of the molecule is CC/C=C\C/C=C\C/C=C\C/C=C\C/C=C\C/C=C\C/C=C\CCCCCC(=O)NC(COC1OC(CO)C(O)C(O)C1O)C(O)CCCCCCCCCCCC. The first-order chi connectivity index (χ1) is 28.3. The monoisotopic (exact) mass is 814 g/mol. The van der Waals surface area contributed by atoms with Crippen LogP contribution in [-0.4, -0.2) is 87.5 Å². The Kier molecular flexibility index (Phi) is 35.5. The summed E-state index contributed by atoms with van der Waals surface area (Å²) in [5, 5.41) is 54.2. The summed E-state index contributed by atoms with van der Waals surface area (Å²) in [5.74, 6) is -0.183. The maximum atomic E-state index is 12.9. The van der Waals surface area contributed by atoms with E-state index in [2.05, 4.69) is 104 Å². The lowest BCUT2D eigenvalue weighted by Gasteiger charge is -2.40. The van der Waals surface area contributed by atoms with Crippen LogP contribution in [0.25, 0.3) is 0 Å². The first kappa shape index (κ1) is 53.4. The van der Waals surface area contributed by atoms with E-state index in [0.29, 0.717) is 12.8 Å². The van der Waals surface area contributed by atoms with Gasteiger partial charge >= 0.3 is 0 Å². The minimum Gasteiger partial charge on any atom is -0.394 e. The highest BCUT2D eigenvalue weighted by atomic mass is 16.7. The Labute approximate surface area is 352 Å². The second kappa shape index (κ2) is 38.6. The Balaban J connectivity index is 2.32. The molecule has 9 heteroatoms. The number of aliphatic hydroxyl groups is 5. The molecule has 9 nitrogen and oxygen atoms in total. The van der Waals surface area contributed by atoms with Crippen LogP contribution in [0.3, 0.4) is 0 Å². The third kappa shape index (κ3) is 28.7. The van der Waals surface area contributed by atoms with Crippen molar-refractivity contribution in [1.82, 2.24) is 5.32 Å². The summed E-state index contributed by atoms with van der Waals surface area (Å²) >= 11 is 0. The smallest absolute Gasteiger partial charge is 0.220 e. The molecule has 332 valence electrons. The minimum atomic E-state index is -1.56. The highest BCUT2D eigenvalue weighted by Gasteiger charge is 2.44. The van der Waals surface area contributed by atoms with Crippen molar-refractivity contribution in [1.29, 1.82) is 0 Å². The molecule has 1 rings (SSSR count). The molecule has 7 unspecified atom stereocenters. The molecule has 0 aliphatic carbocycles. The Morgan fingerprint density at radius 3 is 1.57 bits per heavy atom. The predicted molar refractivity (Wildman–Crippen MR) is 239 cm³/mol. The van der Waals surface area contributed by atoms with Crippen molar-refractivity contribution in [3.63, 3.8) is 0 Å². The summed E-state index contributed by atoms with van der Waals surface area (Å²) in [6, 6.07) is -0.740. The molecular weight excluding hydrogens is 731 g/mol. The van der Waals surface area contributed by atoms with Crippen LogP contribution >= 0.6 is 0 Å². The molecule has 1 aliphatic rings. The van der Waals surface area contributed by atoms with Gasteiger partial charge in [0.15, 0.2) is 6.29 Å². The van der Waals surface area contributed by atoms with Crippen LogP contribution in [0.5, 0.6) is 0 Å². The summed E-state index contributed by atoms with van der Waals surface area (Å²) in [5.41, 5.74) is 0. The number of carbonyl (C=O) groups is 1. The molecule has 0 aromatic rings. The van der Waals surface area contributed by atoms with E-state index < -0.39 is 49.5 Å². The van der Waals surface area contributed by atoms with Crippen LogP contribution in [-0.2, 0) is 14.3 Å². The third-order valence-corrected chi connectivity index (χ3v) is 10.3. The lowest BCUT2D eigenvalue weighted by molar-refractivity contribution is -0.302. The summed E-state index contributed by atoms with van der Waals surface area (Å²) in [6.45, 7) is 3.65. The molecule has 0 aromatic heterocycles. The number of aliphatic hydroxyl groups excluding tert-OH is 5. The minimum absolute atomic E-state index is 0.158. The van der Waals surface area contributed by atoms with Crippen molar-refractivity contribution >= 4 is 5.91 Å². The molecule has 0 aromatic carbocycles. The molecule has 0 radical (unpaired) electrons. The normalized spacial score (nSPS) is 21.7. The molecule has 7 atom stereocenters. The van der Waals surface area contributed by atoms with Gasteiger partial charge in [-0.1, -0.05) is 170 Å². The van der Waals surface area contributed by atoms with E-state index in [9.17, 15) is 30.3 Å². The molecule has 1 heterocycles. The van der Waals surface area contributed by atoms with E-state index in [1.807, 2.05) is 0 Å². The molecule has 1 amide bonds. The van der Waals surface area contributed by atoms with Crippen LogP contribution < -0.4 is 5.32 Å². The number of unbranched alkanes of at least 4 members (excludes halogenated alkanes) is 12. The quantitative estimate of drug-likeness (QED) is 0.0271. The van der Waals surface area contributed by atoms with Crippen LogP contribution in [0.2, 0.25) is 0 Å². The molecule has 58 heavy (non-hydrogen) atoms. The summed E-state index contributed by atoms with van der Waals surface area (Å²) < 4.78 is 11.2. The van der Waals surface area contributed by atoms with Gasteiger partial charge in [-0.15, -0.1) is 0 Å². The van der Waals surface area contributed by atoms with Crippen LogP contribution in [0.4, 0.5) is 0 Å². The zero-order valence-electron chi connectivity index (χ0n) is 36.3. The van der Waals surface area contributed by atoms with Crippen LogP contribution in [0.1, 0.15) is 162 Å². The fraction of sp³-hybridized carbons (Fsp3) is 0.694. The van der Waals surface area contributed by atoms with E-state index in [4.69, 9.17) is 9.47 Å². The van der Waals surface area contributed by atoms with Gasteiger partial charge in [-0.2, -0.15) is 0 Å². The molecular formula is C49H83NO8. The average molecular weight is 814 g/mol. The molecule has 0 saturated carbocycles. The maximum absolute atomic E-state index is 12.9. The van der Waals surface area contributed by atoms with Crippen LogP contribution in [0.15, 0.2) is 85.1 Å². The van der Waals surface area contributed by atoms with Crippen molar-refractivity contribution in [3.05, 3.63) is 85.1 Å². The van der Waals surface area contributed by atoms with E-state index in [1.54, 1.807) is 0 Å². The standard InChI is InChI=1S/C49H83NO8/c1-3-5-7-9-11-13-15-16-17-18-19-20-21-22-23-24-25-26-27-28-29-31-33-35-37-39-45(53)50-42(41-57-49-48(56)47(55)46(54)44(40-51)58-49)43(52)38-36-34-32-30-14-12-10-8-6-4-2/h5,7,11,13,16-17,19-20,22-23,25-26,28-29,42-44,46-49,51-52,54-56H,3-4,6,8-10,12,14-15,18,21,24,27,30-41H2,1-2H3,(H,50,53)/b7-5-,13-11-,17-16-,20-19-,23-22-,26-25-,29-28-. The van der Waals surface area contributed by atoms with Gasteiger partial charge in [0, 0.05) is 6.42 Å². The molecule has 6 N–H and O–H groups in total. The molecule has 0 spiro atoms. The molecule has 0 bridgehead atoms. The number of amides is 1. The maximum Gasteiger partial charge on any atom is 0.220 e. The lowest BCUT2D eigenvalue weighted by atomic mass is 9.99. The number of hydrogen-bond donors (Lipinski definition) is 6. The number of nitrogens with one attached hydrogen (secondary N) is 1. The number of rotatable bonds is 36. The third-order valence-electron chi connectivity index (χ3n) is 10.3. The van der Waals surface area contributed by atoms with Gasteiger partial charge in [-0.3, -0.25) is 4.79 Å². The van der Waals surface area contributed by atoms with Crippen molar-refractivity contribution in [3.8, 4) is 0 Å². The van der Waals surface area contributed by atoms with Crippen molar-refractivity contribution in [2.24, 2.45) is 0 Å². The number of allylic oxidation sites excluding steroid dienone is 14. The van der Waals surface area contributed by atoms with Crippen molar-refractivity contribution < 1.29 is 39.8 Å². The number of hydrogen-bond acceptors (Lipinski definition) is 8.